The SMILES string of the molecule is COc1cc(F)c(C(N)C(N)c2c(F)cc(OC)cc2F)c(F)c1. The van der Waals surface area contributed by atoms with Gasteiger partial charge in [0.2, 0.25) is 0 Å². The number of halogens is 4. The molecule has 0 fully saturated rings. The van der Waals surface area contributed by atoms with Crippen LogP contribution in [0.4, 0.5) is 17.6 Å². The highest BCUT2D eigenvalue weighted by molar-refractivity contribution is 5.37. The minimum absolute atomic E-state index is 0.0590. The summed E-state index contributed by atoms with van der Waals surface area (Å²) < 4.78 is 65.8. The van der Waals surface area contributed by atoms with Crippen LogP contribution in [0.15, 0.2) is 24.3 Å². The zero-order valence-electron chi connectivity index (χ0n) is 12.9. The fourth-order valence-corrected chi connectivity index (χ4v) is 2.35. The molecule has 130 valence electrons. The van der Waals surface area contributed by atoms with Gasteiger partial charge in [-0.2, -0.15) is 0 Å². The standard InChI is InChI=1S/C16H16F4N2O2/c1-23-7-3-9(17)13(10(18)4-7)15(21)16(22)14-11(19)5-8(24-2)6-12(14)20/h3-6,15-16H,21-22H2,1-2H3. The summed E-state index contributed by atoms with van der Waals surface area (Å²) in [7, 11) is 2.48. The normalized spacial score (nSPS) is 13.5. The molecule has 0 aliphatic heterocycles. The molecule has 0 heterocycles. The Kier molecular flexibility index (Phi) is 5.30. The summed E-state index contributed by atoms with van der Waals surface area (Å²) in [6.45, 7) is 0. The highest BCUT2D eigenvalue weighted by Crippen LogP contribution is 2.34. The predicted octanol–water partition coefficient (Wildman–Crippen LogP) is 2.96. The van der Waals surface area contributed by atoms with E-state index in [2.05, 4.69) is 0 Å². The highest BCUT2D eigenvalue weighted by atomic mass is 19.1. The first-order valence-electron chi connectivity index (χ1n) is 6.87. The van der Waals surface area contributed by atoms with Crippen LogP contribution in [0.2, 0.25) is 0 Å². The zero-order valence-corrected chi connectivity index (χ0v) is 12.9. The van der Waals surface area contributed by atoms with Crippen LogP contribution in [0.5, 0.6) is 11.5 Å². The molecule has 0 amide bonds. The van der Waals surface area contributed by atoms with E-state index in [1.807, 2.05) is 0 Å². The van der Waals surface area contributed by atoms with Gasteiger partial charge in [0.05, 0.1) is 26.3 Å². The minimum atomic E-state index is -1.52. The first-order chi connectivity index (χ1) is 11.3. The molecule has 2 aromatic rings. The molecule has 0 aliphatic carbocycles. The lowest BCUT2D eigenvalue weighted by atomic mass is 9.93. The van der Waals surface area contributed by atoms with Gasteiger partial charge in [0.1, 0.15) is 34.8 Å². The Bertz CT molecular complexity index is 645. The van der Waals surface area contributed by atoms with Gasteiger partial charge < -0.3 is 20.9 Å². The van der Waals surface area contributed by atoms with E-state index in [0.29, 0.717) is 0 Å². The molecular weight excluding hydrogens is 328 g/mol. The third-order valence-corrected chi connectivity index (χ3v) is 3.63. The molecule has 0 bridgehead atoms. The van der Waals surface area contributed by atoms with Gasteiger partial charge in [-0.25, -0.2) is 17.6 Å². The van der Waals surface area contributed by atoms with E-state index in [1.54, 1.807) is 0 Å². The van der Waals surface area contributed by atoms with Gasteiger partial charge in [-0.15, -0.1) is 0 Å². The summed E-state index contributed by atoms with van der Waals surface area (Å²) in [5, 5.41) is 0. The second-order valence-corrected chi connectivity index (χ2v) is 5.06. The number of rotatable bonds is 5. The predicted molar refractivity (Wildman–Crippen MR) is 79.7 cm³/mol. The number of nitrogens with two attached hydrogens (primary N) is 2. The van der Waals surface area contributed by atoms with Crippen molar-refractivity contribution in [1.82, 2.24) is 0 Å². The lowest BCUT2D eigenvalue weighted by Gasteiger charge is -2.23. The topological polar surface area (TPSA) is 70.5 Å². The number of methoxy groups -OCH3 is 2. The van der Waals surface area contributed by atoms with Crippen molar-refractivity contribution in [3.63, 3.8) is 0 Å². The summed E-state index contributed by atoms with van der Waals surface area (Å²) in [4.78, 5) is 0. The quantitative estimate of drug-likeness (QED) is 0.818. The van der Waals surface area contributed by atoms with E-state index in [1.165, 1.54) is 14.2 Å². The number of ether oxygens (including phenoxy) is 2. The Morgan fingerprint density at radius 1 is 0.667 bits per heavy atom. The highest BCUT2D eigenvalue weighted by Gasteiger charge is 2.29. The number of hydrogen-bond donors (Lipinski definition) is 2. The van der Waals surface area contributed by atoms with Crippen LogP contribution < -0.4 is 20.9 Å². The lowest BCUT2D eigenvalue weighted by Crippen LogP contribution is -2.30. The van der Waals surface area contributed by atoms with Gasteiger partial charge in [0.15, 0.2) is 0 Å². The van der Waals surface area contributed by atoms with Gasteiger partial charge in [-0.05, 0) is 0 Å². The van der Waals surface area contributed by atoms with E-state index in [9.17, 15) is 17.6 Å². The zero-order chi connectivity index (χ0) is 18.0. The molecule has 8 heteroatoms. The Balaban J connectivity index is 2.46. The first kappa shape index (κ1) is 18.0. The van der Waals surface area contributed by atoms with E-state index < -0.39 is 46.5 Å². The van der Waals surface area contributed by atoms with Gasteiger partial charge in [-0.3, -0.25) is 0 Å². The molecule has 0 aromatic heterocycles. The molecule has 0 saturated heterocycles. The smallest absolute Gasteiger partial charge is 0.134 e. The van der Waals surface area contributed by atoms with Gasteiger partial charge in [0, 0.05) is 35.4 Å². The maximum Gasteiger partial charge on any atom is 0.134 e. The van der Waals surface area contributed by atoms with Crippen molar-refractivity contribution in [1.29, 1.82) is 0 Å². The summed E-state index contributed by atoms with van der Waals surface area (Å²) in [5.41, 5.74) is 10.4. The van der Waals surface area contributed by atoms with Crippen molar-refractivity contribution in [2.75, 3.05) is 14.2 Å². The summed E-state index contributed by atoms with van der Waals surface area (Å²) in [5.74, 6) is -4.21. The van der Waals surface area contributed by atoms with Crippen molar-refractivity contribution >= 4 is 0 Å². The molecule has 2 atom stereocenters. The van der Waals surface area contributed by atoms with Crippen LogP contribution in [-0.2, 0) is 0 Å². The molecular formula is C16H16F4N2O2. The minimum Gasteiger partial charge on any atom is -0.497 e. The molecule has 0 spiro atoms. The van der Waals surface area contributed by atoms with Crippen molar-refractivity contribution < 1.29 is 27.0 Å². The van der Waals surface area contributed by atoms with Gasteiger partial charge in [0.25, 0.3) is 0 Å². The monoisotopic (exact) mass is 344 g/mol. The fourth-order valence-electron chi connectivity index (χ4n) is 2.35. The maximum atomic E-state index is 14.1. The van der Waals surface area contributed by atoms with E-state index in [-0.39, 0.29) is 11.5 Å². The van der Waals surface area contributed by atoms with Crippen molar-refractivity contribution in [3.8, 4) is 11.5 Å². The van der Waals surface area contributed by atoms with Gasteiger partial charge >= 0.3 is 0 Å². The van der Waals surface area contributed by atoms with Crippen molar-refractivity contribution in [2.45, 2.75) is 12.1 Å². The maximum absolute atomic E-state index is 14.1. The van der Waals surface area contributed by atoms with Gasteiger partial charge in [-0.1, -0.05) is 0 Å². The Labute approximate surface area is 136 Å². The molecule has 0 radical (unpaired) electrons. The Hall–Kier alpha value is -2.32. The van der Waals surface area contributed by atoms with E-state index >= 15 is 0 Å². The van der Waals surface area contributed by atoms with Crippen molar-refractivity contribution in [3.05, 3.63) is 58.7 Å². The Morgan fingerprint density at radius 2 is 0.917 bits per heavy atom. The largest absolute Gasteiger partial charge is 0.497 e. The summed E-state index contributed by atoms with van der Waals surface area (Å²) >= 11 is 0. The molecule has 0 aliphatic rings. The van der Waals surface area contributed by atoms with Crippen LogP contribution in [-0.4, -0.2) is 14.2 Å². The molecule has 2 unspecified atom stereocenters. The van der Waals surface area contributed by atoms with Crippen molar-refractivity contribution in [2.24, 2.45) is 11.5 Å². The average Bonchev–Trinajstić information content (AvgIpc) is 2.52. The van der Waals surface area contributed by atoms with Crippen LogP contribution in [0.25, 0.3) is 0 Å². The van der Waals surface area contributed by atoms with E-state index in [0.717, 1.165) is 24.3 Å². The molecule has 4 nitrogen and oxygen atoms in total. The van der Waals surface area contributed by atoms with Crippen LogP contribution in [0.3, 0.4) is 0 Å². The second kappa shape index (κ2) is 7.06. The fraction of sp³-hybridized carbons (Fsp3) is 0.250. The molecule has 0 saturated carbocycles. The van der Waals surface area contributed by atoms with Crippen LogP contribution >= 0.6 is 0 Å². The third kappa shape index (κ3) is 3.29. The average molecular weight is 344 g/mol. The van der Waals surface area contributed by atoms with E-state index in [4.69, 9.17) is 20.9 Å². The summed E-state index contributed by atoms with van der Waals surface area (Å²) in [6, 6.07) is 0.594. The second-order valence-electron chi connectivity index (χ2n) is 5.06. The van der Waals surface area contributed by atoms with Crippen LogP contribution in [0.1, 0.15) is 23.2 Å². The molecule has 2 rings (SSSR count). The first-order valence-corrected chi connectivity index (χ1v) is 6.87. The Morgan fingerprint density at radius 3 is 1.12 bits per heavy atom. The lowest BCUT2D eigenvalue weighted by molar-refractivity contribution is 0.395. The third-order valence-electron chi connectivity index (χ3n) is 3.63. The van der Waals surface area contributed by atoms with Crippen LogP contribution in [0, 0.1) is 23.3 Å². The molecule has 24 heavy (non-hydrogen) atoms. The molecule has 2 aromatic carbocycles. The summed E-state index contributed by atoms with van der Waals surface area (Å²) in [6.07, 6.45) is 0. The number of benzene rings is 2. The number of hydrogen-bond acceptors (Lipinski definition) is 4. The molecule has 4 N–H and O–H groups in total.